The van der Waals surface area contributed by atoms with E-state index >= 15 is 0 Å². The Morgan fingerprint density at radius 2 is 2.33 bits per heavy atom. The second-order valence-electron chi connectivity index (χ2n) is 5.04. The summed E-state index contributed by atoms with van der Waals surface area (Å²) in [6.45, 7) is 4.73. The van der Waals surface area contributed by atoms with E-state index in [1.807, 2.05) is 6.92 Å². The molecule has 2 aromatic heterocycles. The van der Waals surface area contributed by atoms with Crippen LogP contribution in [0, 0.1) is 13.8 Å². The molecule has 1 aliphatic rings. The highest BCUT2D eigenvalue weighted by Crippen LogP contribution is 2.18. The molecule has 0 spiro atoms. The zero-order valence-corrected chi connectivity index (χ0v) is 11.9. The largest absolute Gasteiger partial charge is 0.472 e. The first-order valence-corrected chi connectivity index (χ1v) is 6.81. The Morgan fingerprint density at radius 3 is 3.05 bits per heavy atom. The van der Waals surface area contributed by atoms with Crippen LogP contribution in [0.3, 0.4) is 0 Å². The third kappa shape index (κ3) is 3.01. The zero-order chi connectivity index (χ0) is 14.8. The predicted octanol–water partition coefficient (Wildman–Crippen LogP) is 1.37. The molecule has 21 heavy (non-hydrogen) atoms. The molecule has 1 fully saturated rings. The molecule has 0 bridgehead atoms. The molecular formula is C14H16N4O3. The van der Waals surface area contributed by atoms with Gasteiger partial charge in [0.05, 0.1) is 6.54 Å². The van der Waals surface area contributed by atoms with E-state index in [2.05, 4.69) is 15.1 Å². The van der Waals surface area contributed by atoms with Gasteiger partial charge in [0.25, 0.3) is 5.91 Å². The summed E-state index contributed by atoms with van der Waals surface area (Å²) in [6.07, 6.45) is 2.37. The Bertz CT molecular complexity index is 655. The van der Waals surface area contributed by atoms with Crippen LogP contribution in [0.5, 0.6) is 5.88 Å². The van der Waals surface area contributed by atoms with E-state index in [0.717, 1.165) is 6.42 Å². The van der Waals surface area contributed by atoms with Gasteiger partial charge in [-0.2, -0.15) is 4.98 Å². The SMILES string of the molecule is Cc1nccc(O[C@H]2CCN(C(=O)c3cc(C)on3)C2)n1. The van der Waals surface area contributed by atoms with Crippen molar-refractivity contribution in [2.45, 2.75) is 26.4 Å². The average Bonchev–Trinajstić information content (AvgIpc) is 3.07. The average molecular weight is 288 g/mol. The Labute approximate surface area is 121 Å². The first-order valence-electron chi connectivity index (χ1n) is 6.81. The highest BCUT2D eigenvalue weighted by Gasteiger charge is 2.30. The lowest BCUT2D eigenvalue weighted by atomic mass is 10.3. The molecule has 2 aromatic rings. The minimum Gasteiger partial charge on any atom is -0.472 e. The maximum Gasteiger partial charge on any atom is 0.276 e. The molecule has 1 saturated heterocycles. The molecule has 0 aliphatic carbocycles. The lowest BCUT2D eigenvalue weighted by molar-refractivity contribution is 0.0761. The molecule has 0 unspecified atom stereocenters. The van der Waals surface area contributed by atoms with Crippen LogP contribution in [0.25, 0.3) is 0 Å². The van der Waals surface area contributed by atoms with Crippen molar-refractivity contribution in [1.29, 1.82) is 0 Å². The normalized spacial score (nSPS) is 18.0. The van der Waals surface area contributed by atoms with Crippen molar-refractivity contribution >= 4 is 5.91 Å². The second kappa shape index (κ2) is 5.51. The minimum absolute atomic E-state index is 0.0590. The van der Waals surface area contributed by atoms with Gasteiger partial charge in [-0.1, -0.05) is 5.16 Å². The van der Waals surface area contributed by atoms with Crippen LogP contribution in [0.15, 0.2) is 22.9 Å². The lowest BCUT2D eigenvalue weighted by Crippen LogP contribution is -2.31. The number of aromatic nitrogens is 3. The molecule has 7 nitrogen and oxygen atoms in total. The van der Waals surface area contributed by atoms with Crippen LogP contribution in [0.1, 0.15) is 28.5 Å². The van der Waals surface area contributed by atoms with Crippen molar-refractivity contribution in [3.05, 3.63) is 35.6 Å². The Hall–Kier alpha value is -2.44. The first kappa shape index (κ1) is 13.5. The quantitative estimate of drug-likeness (QED) is 0.848. The Balaban J connectivity index is 1.61. The molecule has 0 aromatic carbocycles. The third-order valence-electron chi connectivity index (χ3n) is 3.32. The predicted molar refractivity (Wildman–Crippen MR) is 72.9 cm³/mol. The molecule has 0 saturated carbocycles. The van der Waals surface area contributed by atoms with Gasteiger partial charge in [0.15, 0.2) is 5.69 Å². The number of hydrogen-bond donors (Lipinski definition) is 0. The number of carbonyl (C=O) groups is 1. The van der Waals surface area contributed by atoms with Gasteiger partial charge in [-0.3, -0.25) is 4.79 Å². The minimum atomic E-state index is -0.128. The van der Waals surface area contributed by atoms with E-state index in [4.69, 9.17) is 9.26 Å². The summed E-state index contributed by atoms with van der Waals surface area (Å²) in [4.78, 5) is 22.2. The molecule has 7 heteroatoms. The highest BCUT2D eigenvalue weighted by atomic mass is 16.5. The third-order valence-corrected chi connectivity index (χ3v) is 3.32. The lowest BCUT2D eigenvalue weighted by Gasteiger charge is -2.15. The maximum absolute atomic E-state index is 12.2. The van der Waals surface area contributed by atoms with Crippen LogP contribution < -0.4 is 4.74 Å². The van der Waals surface area contributed by atoms with Crippen molar-refractivity contribution in [2.75, 3.05) is 13.1 Å². The van der Waals surface area contributed by atoms with Crippen LogP contribution in [-0.4, -0.2) is 45.1 Å². The molecule has 3 rings (SSSR count). The van der Waals surface area contributed by atoms with E-state index in [1.54, 1.807) is 30.2 Å². The topological polar surface area (TPSA) is 81.4 Å². The van der Waals surface area contributed by atoms with Crippen LogP contribution >= 0.6 is 0 Å². The fourth-order valence-electron chi connectivity index (χ4n) is 2.31. The number of rotatable bonds is 3. The smallest absolute Gasteiger partial charge is 0.276 e. The summed E-state index contributed by atoms with van der Waals surface area (Å²) in [5, 5.41) is 3.75. The van der Waals surface area contributed by atoms with Gasteiger partial charge in [-0.25, -0.2) is 4.98 Å². The number of ether oxygens (including phenoxy) is 1. The van der Waals surface area contributed by atoms with Crippen molar-refractivity contribution < 1.29 is 14.1 Å². The fourth-order valence-corrected chi connectivity index (χ4v) is 2.31. The molecule has 1 amide bonds. The summed E-state index contributed by atoms with van der Waals surface area (Å²) in [5.41, 5.74) is 0.339. The summed E-state index contributed by atoms with van der Waals surface area (Å²) < 4.78 is 10.7. The van der Waals surface area contributed by atoms with E-state index in [0.29, 0.717) is 36.2 Å². The van der Waals surface area contributed by atoms with Gasteiger partial charge in [0.1, 0.15) is 17.7 Å². The summed E-state index contributed by atoms with van der Waals surface area (Å²) in [6, 6.07) is 3.36. The Morgan fingerprint density at radius 1 is 1.48 bits per heavy atom. The molecule has 1 aliphatic heterocycles. The number of amides is 1. The van der Waals surface area contributed by atoms with Gasteiger partial charge in [-0.15, -0.1) is 0 Å². The standard InChI is InChI=1S/C14H16N4O3/c1-9-7-12(17-21-9)14(19)18-6-4-11(8-18)20-13-3-5-15-10(2)16-13/h3,5,7,11H,4,6,8H2,1-2H3/t11-/m0/s1. The van der Waals surface area contributed by atoms with Crippen LogP contribution in [-0.2, 0) is 0 Å². The molecule has 0 radical (unpaired) electrons. The molecule has 0 N–H and O–H groups in total. The van der Waals surface area contributed by atoms with Gasteiger partial charge in [-0.05, 0) is 13.8 Å². The molecule has 1 atom stereocenters. The maximum atomic E-state index is 12.2. The fraction of sp³-hybridized carbons (Fsp3) is 0.429. The van der Waals surface area contributed by atoms with Gasteiger partial charge in [0.2, 0.25) is 5.88 Å². The zero-order valence-electron chi connectivity index (χ0n) is 11.9. The summed E-state index contributed by atoms with van der Waals surface area (Å²) >= 11 is 0. The number of hydrogen-bond acceptors (Lipinski definition) is 6. The monoisotopic (exact) mass is 288 g/mol. The van der Waals surface area contributed by atoms with E-state index < -0.39 is 0 Å². The van der Waals surface area contributed by atoms with Crippen molar-refractivity contribution in [3.63, 3.8) is 0 Å². The van der Waals surface area contributed by atoms with Crippen molar-refractivity contribution in [1.82, 2.24) is 20.0 Å². The molecule has 3 heterocycles. The summed E-state index contributed by atoms with van der Waals surface area (Å²) in [5.74, 6) is 1.70. The molecule has 110 valence electrons. The number of nitrogens with zero attached hydrogens (tertiary/aromatic N) is 4. The van der Waals surface area contributed by atoms with Gasteiger partial charge in [0, 0.05) is 31.3 Å². The first-order chi connectivity index (χ1) is 10.1. The summed E-state index contributed by atoms with van der Waals surface area (Å²) in [7, 11) is 0. The van der Waals surface area contributed by atoms with E-state index in [-0.39, 0.29) is 12.0 Å². The number of carbonyl (C=O) groups excluding carboxylic acids is 1. The molecular weight excluding hydrogens is 272 g/mol. The van der Waals surface area contributed by atoms with Crippen molar-refractivity contribution in [3.8, 4) is 5.88 Å². The number of aryl methyl sites for hydroxylation is 2. The van der Waals surface area contributed by atoms with Gasteiger partial charge < -0.3 is 14.2 Å². The second-order valence-corrected chi connectivity index (χ2v) is 5.04. The van der Waals surface area contributed by atoms with Crippen LogP contribution in [0.4, 0.5) is 0 Å². The number of likely N-dealkylation sites (tertiary alicyclic amines) is 1. The van der Waals surface area contributed by atoms with Crippen molar-refractivity contribution in [2.24, 2.45) is 0 Å². The Kier molecular flexibility index (Phi) is 3.55. The van der Waals surface area contributed by atoms with Gasteiger partial charge >= 0.3 is 0 Å². The van der Waals surface area contributed by atoms with E-state index in [1.165, 1.54) is 0 Å². The highest BCUT2D eigenvalue weighted by molar-refractivity contribution is 5.92. The van der Waals surface area contributed by atoms with Crippen LogP contribution in [0.2, 0.25) is 0 Å². The van der Waals surface area contributed by atoms with E-state index in [9.17, 15) is 4.79 Å².